The Bertz CT molecular complexity index is 293. The lowest BCUT2D eigenvalue weighted by atomic mass is 9.90. The van der Waals surface area contributed by atoms with Crippen molar-refractivity contribution in [2.75, 3.05) is 6.54 Å². The molecule has 0 spiro atoms. The summed E-state index contributed by atoms with van der Waals surface area (Å²) in [7, 11) is 0. The molecule has 3 unspecified atom stereocenters. The molecule has 1 fully saturated rings. The van der Waals surface area contributed by atoms with Gasteiger partial charge in [-0.25, -0.2) is 0 Å². The molecule has 0 radical (unpaired) electrons. The Morgan fingerprint density at radius 1 is 1.37 bits per heavy atom. The number of carbonyl (C=O) groups excluding carboxylic acids is 1. The van der Waals surface area contributed by atoms with E-state index in [4.69, 9.17) is 5.73 Å². The largest absolute Gasteiger partial charge is 0.392 e. The molecule has 0 bridgehead atoms. The molecule has 1 rings (SSSR count). The van der Waals surface area contributed by atoms with Crippen LogP contribution in [-0.4, -0.2) is 29.7 Å². The molecular weight excluding hydrogens is 264 g/mol. The highest BCUT2D eigenvalue weighted by Gasteiger charge is 2.49. The molecule has 0 aliphatic heterocycles. The van der Waals surface area contributed by atoms with Crippen LogP contribution in [0.3, 0.4) is 0 Å². The highest BCUT2D eigenvalue weighted by Crippen LogP contribution is 2.50. The summed E-state index contributed by atoms with van der Waals surface area (Å²) in [4.78, 5) is 11.9. The molecule has 0 aromatic heterocycles. The van der Waals surface area contributed by atoms with E-state index in [9.17, 15) is 9.90 Å². The minimum atomic E-state index is -0.443. The van der Waals surface area contributed by atoms with Crippen LogP contribution in [-0.2, 0) is 4.79 Å². The average Bonchev–Trinajstić information content (AvgIpc) is 3.14. The van der Waals surface area contributed by atoms with Crippen LogP contribution in [0.2, 0.25) is 0 Å². The first-order valence-corrected chi connectivity index (χ1v) is 7.05. The van der Waals surface area contributed by atoms with E-state index in [1.807, 2.05) is 27.7 Å². The number of amides is 1. The zero-order valence-electron chi connectivity index (χ0n) is 12.5. The number of hydrogen-bond acceptors (Lipinski definition) is 3. The second-order valence-corrected chi connectivity index (χ2v) is 6.18. The zero-order valence-corrected chi connectivity index (χ0v) is 13.3. The Kier molecular flexibility index (Phi) is 7.33. The van der Waals surface area contributed by atoms with Crippen LogP contribution in [0.4, 0.5) is 0 Å². The van der Waals surface area contributed by atoms with Gasteiger partial charge in [0, 0.05) is 12.0 Å². The van der Waals surface area contributed by atoms with Gasteiger partial charge in [-0.3, -0.25) is 4.79 Å². The summed E-state index contributed by atoms with van der Waals surface area (Å²) in [5, 5.41) is 13.1. The van der Waals surface area contributed by atoms with E-state index in [1.54, 1.807) is 0 Å². The number of aliphatic hydroxyl groups excluding tert-OH is 1. The summed E-state index contributed by atoms with van der Waals surface area (Å²) in [6.07, 6.45) is 2.54. The minimum Gasteiger partial charge on any atom is -0.392 e. The van der Waals surface area contributed by atoms with Crippen LogP contribution in [0.1, 0.15) is 47.0 Å². The number of rotatable bonds is 7. The third-order valence-electron chi connectivity index (χ3n) is 4.33. The monoisotopic (exact) mass is 292 g/mol. The third kappa shape index (κ3) is 4.62. The Morgan fingerprint density at radius 3 is 2.26 bits per heavy atom. The normalized spacial score (nSPS) is 21.2. The summed E-state index contributed by atoms with van der Waals surface area (Å²) in [6.45, 7) is 8.59. The number of nitrogens with two attached hydrogens (primary N) is 1. The van der Waals surface area contributed by atoms with Crippen LogP contribution in [0.25, 0.3) is 0 Å². The first-order chi connectivity index (χ1) is 8.34. The molecule has 0 saturated heterocycles. The summed E-state index contributed by atoms with van der Waals surface area (Å²) in [5.74, 6) is 0.328. The molecule has 114 valence electrons. The lowest BCUT2D eigenvalue weighted by Crippen LogP contribution is -2.48. The van der Waals surface area contributed by atoms with Gasteiger partial charge in [0.25, 0.3) is 0 Å². The second kappa shape index (κ2) is 7.46. The third-order valence-corrected chi connectivity index (χ3v) is 4.33. The molecule has 0 aromatic carbocycles. The molecule has 5 heteroatoms. The second-order valence-electron chi connectivity index (χ2n) is 6.18. The van der Waals surface area contributed by atoms with Crippen LogP contribution < -0.4 is 11.1 Å². The quantitative estimate of drug-likeness (QED) is 0.668. The summed E-state index contributed by atoms with van der Waals surface area (Å²) in [5.41, 5.74) is 5.78. The first kappa shape index (κ1) is 18.7. The molecule has 0 aromatic rings. The van der Waals surface area contributed by atoms with Crippen LogP contribution >= 0.6 is 12.4 Å². The number of carbonyl (C=O) groups is 1. The topological polar surface area (TPSA) is 75.4 Å². The molecule has 1 saturated carbocycles. The van der Waals surface area contributed by atoms with E-state index in [0.717, 1.165) is 19.3 Å². The average molecular weight is 293 g/mol. The molecule has 3 atom stereocenters. The molecule has 4 nitrogen and oxygen atoms in total. The smallest absolute Gasteiger partial charge is 0.237 e. The van der Waals surface area contributed by atoms with Crippen LogP contribution in [0, 0.1) is 17.3 Å². The lowest BCUT2D eigenvalue weighted by molar-refractivity contribution is -0.124. The summed E-state index contributed by atoms with van der Waals surface area (Å²) < 4.78 is 0. The van der Waals surface area contributed by atoms with Gasteiger partial charge >= 0.3 is 0 Å². The number of hydrogen-bond donors (Lipinski definition) is 3. The Balaban J connectivity index is 0.00000324. The number of aliphatic hydroxyl groups is 1. The Morgan fingerprint density at radius 2 is 1.89 bits per heavy atom. The maximum absolute atomic E-state index is 11.9. The van der Waals surface area contributed by atoms with Crippen molar-refractivity contribution in [3.8, 4) is 0 Å². The van der Waals surface area contributed by atoms with Crippen molar-refractivity contribution in [2.45, 2.75) is 59.1 Å². The number of halogens is 1. The molecule has 1 aliphatic carbocycles. The minimum absolute atomic E-state index is 0. The van der Waals surface area contributed by atoms with Crippen molar-refractivity contribution in [1.82, 2.24) is 5.32 Å². The van der Waals surface area contributed by atoms with Crippen molar-refractivity contribution in [1.29, 1.82) is 0 Å². The lowest BCUT2D eigenvalue weighted by Gasteiger charge is -2.27. The molecule has 0 heterocycles. The maximum atomic E-state index is 11.9. The van der Waals surface area contributed by atoms with Gasteiger partial charge in [-0.15, -0.1) is 12.4 Å². The van der Waals surface area contributed by atoms with E-state index in [0.29, 0.717) is 6.54 Å². The fraction of sp³-hybridized carbons (Fsp3) is 0.929. The van der Waals surface area contributed by atoms with Gasteiger partial charge in [-0.1, -0.05) is 34.1 Å². The molecular formula is C14H29ClN2O2. The van der Waals surface area contributed by atoms with E-state index in [1.165, 1.54) is 0 Å². The molecule has 4 N–H and O–H groups in total. The van der Waals surface area contributed by atoms with Crippen molar-refractivity contribution >= 4 is 18.3 Å². The Labute approximate surface area is 122 Å². The predicted molar refractivity (Wildman–Crippen MR) is 80.2 cm³/mol. The van der Waals surface area contributed by atoms with E-state index in [-0.39, 0.29) is 41.7 Å². The summed E-state index contributed by atoms with van der Waals surface area (Å²) >= 11 is 0. The number of nitrogens with one attached hydrogen (secondary N) is 1. The van der Waals surface area contributed by atoms with Gasteiger partial charge < -0.3 is 16.2 Å². The highest BCUT2D eigenvalue weighted by molar-refractivity contribution is 5.85. The summed E-state index contributed by atoms with van der Waals surface area (Å²) in [6, 6.07) is -0.443. The molecule has 1 amide bonds. The van der Waals surface area contributed by atoms with E-state index >= 15 is 0 Å². The van der Waals surface area contributed by atoms with Gasteiger partial charge in [-0.05, 0) is 24.7 Å². The highest BCUT2D eigenvalue weighted by atomic mass is 35.5. The van der Waals surface area contributed by atoms with Gasteiger partial charge in [-0.2, -0.15) is 0 Å². The van der Waals surface area contributed by atoms with Crippen molar-refractivity contribution < 1.29 is 9.90 Å². The van der Waals surface area contributed by atoms with Gasteiger partial charge in [0.2, 0.25) is 5.91 Å². The maximum Gasteiger partial charge on any atom is 0.237 e. The van der Waals surface area contributed by atoms with Crippen LogP contribution in [0.5, 0.6) is 0 Å². The fourth-order valence-electron chi connectivity index (χ4n) is 2.34. The van der Waals surface area contributed by atoms with Crippen molar-refractivity contribution in [3.05, 3.63) is 0 Å². The molecule has 19 heavy (non-hydrogen) atoms. The zero-order chi connectivity index (χ0) is 13.9. The SMILES string of the molecule is CCC(C)C(N)C(=O)NCC1(C(O)C(C)C)CC1.Cl. The Hall–Kier alpha value is -0.320. The fourth-order valence-corrected chi connectivity index (χ4v) is 2.34. The van der Waals surface area contributed by atoms with Gasteiger partial charge in [0.15, 0.2) is 0 Å². The van der Waals surface area contributed by atoms with Crippen molar-refractivity contribution in [3.63, 3.8) is 0 Å². The van der Waals surface area contributed by atoms with E-state index < -0.39 is 6.04 Å². The van der Waals surface area contributed by atoms with Gasteiger partial charge in [0.05, 0.1) is 12.1 Å². The van der Waals surface area contributed by atoms with Gasteiger partial charge in [0.1, 0.15) is 0 Å². The van der Waals surface area contributed by atoms with Crippen molar-refractivity contribution in [2.24, 2.45) is 23.0 Å². The predicted octanol–water partition coefficient (Wildman–Crippen LogP) is 1.69. The van der Waals surface area contributed by atoms with Crippen LogP contribution in [0.15, 0.2) is 0 Å². The first-order valence-electron chi connectivity index (χ1n) is 7.05. The standard InChI is InChI=1S/C14H28N2O2.ClH/c1-5-10(4)11(15)13(18)16-8-14(6-7-14)12(17)9(2)3;/h9-12,17H,5-8,15H2,1-4H3,(H,16,18);1H. The van der Waals surface area contributed by atoms with E-state index in [2.05, 4.69) is 5.32 Å². The molecule has 1 aliphatic rings.